The van der Waals surface area contributed by atoms with Crippen molar-refractivity contribution < 1.29 is 9.53 Å². The Labute approximate surface area is 140 Å². The topological polar surface area (TPSA) is 67.6 Å². The Morgan fingerprint density at radius 3 is 2.70 bits per heavy atom. The van der Waals surface area contributed by atoms with Gasteiger partial charge >= 0.3 is 0 Å². The van der Waals surface area contributed by atoms with Gasteiger partial charge in [-0.1, -0.05) is 19.9 Å². The van der Waals surface area contributed by atoms with Crippen molar-refractivity contribution in [3.63, 3.8) is 0 Å². The van der Waals surface area contributed by atoms with E-state index >= 15 is 0 Å². The number of benzene rings is 1. The molecule has 1 aromatic rings. The van der Waals surface area contributed by atoms with Gasteiger partial charge < -0.3 is 20.7 Å². The first-order chi connectivity index (χ1) is 10.9. The van der Waals surface area contributed by atoms with Crippen molar-refractivity contribution in [3.8, 4) is 5.75 Å². The van der Waals surface area contributed by atoms with Gasteiger partial charge in [-0.15, -0.1) is 0 Å². The number of anilines is 1. The number of amides is 1. The standard InChI is InChI=1S/C18H31N3O2/c1-14(2)13-23-17-8-6-15(12-16(17)19)7-9-18(22)20-10-5-11-21(3)4/h6,8,12,14H,5,7,9-11,13,19H2,1-4H3,(H,20,22). The smallest absolute Gasteiger partial charge is 0.220 e. The van der Waals surface area contributed by atoms with E-state index in [0.29, 0.717) is 31.1 Å². The second kappa shape index (κ2) is 10.1. The van der Waals surface area contributed by atoms with Gasteiger partial charge in [0.25, 0.3) is 0 Å². The van der Waals surface area contributed by atoms with Gasteiger partial charge in [0.05, 0.1) is 12.3 Å². The van der Waals surface area contributed by atoms with Crippen LogP contribution in [0, 0.1) is 5.92 Å². The third-order valence-corrected chi connectivity index (χ3v) is 3.39. The molecule has 1 amide bonds. The second-order valence-electron chi connectivity index (χ2n) is 6.58. The van der Waals surface area contributed by atoms with E-state index in [1.807, 2.05) is 32.3 Å². The molecular formula is C18H31N3O2. The number of rotatable bonds is 10. The lowest BCUT2D eigenvalue weighted by atomic mass is 10.1. The Bertz CT molecular complexity index is 487. The lowest BCUT2D eigenvalue weighted by molar-refractivity contribution is -0.121. The molecule has 0 aliphatic rings. The van der Waals surface area contributed by atoms with Crippen LogP contribution in [-0.4, -0.2) is 44.6 Å². The Morgan fingerprint density at radius 1 is 1.35 bits per heavy atom. The van der Waals surface area contributed by atoms with Gasteiger partial charge in [0, 0.05) is 13.0 Å². The first-order valence-electron chi connectivity index (χ1n) is 8.31. The molecule has 1 rings (SSSR count). The van der Waals surface area contributed by atoms with E-state index in [4.69, 9.17) is 10.5 Å². The lowest BCUT2D eigenvalue weighted by Crippen LogP contribution is -2.27. The molecular weight excluding hydrogens is 290 g/mol. The van der Waals surface area contributed by atoms with Crippen molar-refractivity contribution in [2.24, 2.45) is 5.92 Å². The molecule has 5 nitrogen and oxygen atoms in total. The highest BCUT2D eigenvalue weighted by molar-refractivity contribution is 5.76. The largest absolute Gasteiger partial charge is 0.491 e. The predicted octanol–water partition coefficient (Wildman–Crippen LogP) is 2.30. The fourth-order valence-electron chi connectivity index (χ4n) is 2.11. The minimum atomic E-state index is 0.0856. The van der Waals surface area contributed by atoms with Crippen LogP contribution in [0.4, 0.5) is 5.69 Å². The summed E-state index contributed by atoms with van der Waals surface area (Å²) >= 11 is 0. The zero-order valence-electron chi connectivity index (χ0n) is 14.9. The van der Waals surface area contributed by atoms with E-state index in [1.54, 1.807) is 0 Å². The molecule has 0 aliphatic carbocycles. The quantitative estimate of drug-likeness (QED) is 0.512. The molecule has 0 unspecified atom stereocenters. The van der Waals surface area contributed by atoms with E-state index in [-0.39, 0.29) is 5.91 Å². The van der Waals surface area contributed by atoms with Gasteiger partial charge in [-0.2, -0.15) is 0 Å². The van der Waals surface area contributed by atoms with Gasteiger partial charge in [0.15, 0.2) is 0 Å². The lowest BCUT2D eigenvalue weighted by Gasteiger charge is -2.12. The number of nitrogen functional groups attached to an aromatic ring is 1. The minimum absolute atomic E-state index is 0.0856. The fraction of sp³-hybridized carbons (Fsp3) is 0.611. The number of nitrogens with two attached hydrogens (primary N) is 1. The Hall–Kier alpha value is -1.75. The highest BCUT2D eigenvalue weighted by atomic mass is 16.5. The Kier molecular flexibility index (Phi) is 8.48. The van der Waals surface area contributed by atoms with Crippen molar-refractivity contribution in [3.05, 3.63) is 23.8 Å². The summed E-state index contributed by atoms with van der Waals surface area (Å²) < 4.78 is 5.66. The van der Waals surface area contributed by atoms with E-state index in [1.165, 1.54) is 0 Å². The molecule has 23 heavy (non-hydrogen) atoms. The average Bonchev–Trinajstić information content (AvgIpc) is 2.48. The molecule has 5 heteroatoms. The van der Waals surface area contributed by atoms with E-state index in [0.717, 1.165) is 30.8 Å². The zero-order valence-corrected chi connectivity index (χ0v) is 14.9. The monoisotopic (exact) mass is 321 g/mol. The number of nitrogens with one attached hydrogen (secondary N) is 1. The number of hydrogen-bond acceptors (Lipinski definition) is 4. The van der Waals surface area contributed by atoms with Gasteiger partial charge in [0.1, 0.15) is 5.75 Å². The van der Waals surface area contributed by atoms with Crippen molar-refractivity contribution in [1.82, 2.24) is 10.2 Å². The number of carbonyl (C=O) groups is 1. The summed E-state index contributed by atoms with van der Waals surface area (Å²) in [5, 5.41) is 2.95. The van der Waals surface area contributed by atoms with Crippen LogP contribution in [-0.2, 0) is 11.2 Å². The van der Waals surface area contributed by atoms with Crippen molar-refractivity contribution in [2.45, 2.75) is 33.1 Å². The molecule has 0 saturated carbocycles. The van der Waals surface area contributed by atoms with Crippen molar-refractivity contribution >= 4 is 11.6 Å². The molecule has 0 heterocycles. The van der Waals surface area contributed by atoms with E-state index in [2.05, 4.69) is 24.1 Å². The predicted molar refractivity (Wildman–Crippen MR) is 95.7 cm³/mol. The summed E-state index contributed by atoms with van der Waals surface area (Å²) in [5.74, 6) is 1.27. The molecule has 0 bridgehead atoms. The summed E-state index contributed by atoms with van der Waals surface area (Å²) in [4.78, 5) is 13.9. The highest BCUT2D eigenvalue weighted by Crippen LogP contribution is 2.23. The van der Waals surface area contributed by atoms with Crippen molar-refractivity contribution in [2.75, 3.05) is 39.5 Å². The summed E-state index contributed by atoms with van der Waals surface area (Å²) in [6.45, 7) is 6.55. The number of carbonyl (C=O) groups excluding carboxylic acids is 1. The zero-order chi connectivity index (χ0) is 17.2. The van der Waals surface area contributed by atoms with Crippen LogP contribution in [0.2, 0.25) is 0 Å². The second-order valence-corrected chi connectivity index (χ2v) is 6.58. The Morgan fingerprint density at radius 2 is 2.09 bits per heavy atom. The number of nitrogens with zero attached hydrogens (tertiary/aromatic N) is 1. The molecule has 0 spiro atoms. The molecule has 130 valence electrons. The van der Waals surface area contributed by atoms with Gasteiger partial charge in [-0.25, -0.2) is 0 Å². The normalized spacial score (nSPS) is 11.0. The molecule has 0 aliphatic heterocycles. The van der Waals surface area contributed by atoms with E-state index in [9.17, 15) is 4.79 Å². The SMILES string of the molecule is CC(C)COc1ccc(CCC(=O)NCCCN(C)C)cc1N. The van der Waals surface area contributed by atoms with Gasteiger partial charge in [-0.3, -0.25) is 4.79 Å². The number of aryl methyl sites for hydroxylation is 1. The maximum Gasteiger partial charge on any atom is 0.220 e. The fourth-order valence-corrected chi connectivity index (χ4v) is 2.11. The summed E-state index contributed by atoms with van der Waals surface area (Å²) in [6.07, 6.45) is 2.13. The maximum atomic E-state index is 11.8. The number of hydrogen-bond donors (Lipinski definition) is 2. The summed E-state index contributed by atoms with van der Waals surface area (Å²) in [6, 6.07) is 5.77. The van der Waals surface area contributed by atoms with Crippen LogP contribution in [0.5, 0.6) is 5.75 Å². The van der Waals surface area contributed by atoms with Crippen LogP contribution in [0.1, 0.15) is 32.3 Å². The van der Waals surface area contributed by atoms with Gasteiger partial charge in [0.2, 0.25) is 5.91 Å². The Balaban J connectivity index is 2.34. The summed E-state index contributed by atoms with van der Waals surface area (Å²) in [7, 11) is 4.06. The van der Waals surface area contributed by atoms with Crippen LogP contribution >= 0.6 is 0 Å². The molecule has 1 aromatic carbocycles. The third kappa shape index (κ3) is 8.45. The maximum absolute atomic E-state index is 11.8. The van der Waals surface area contributed by atoms with Crippen LogP contribution in [0.25, 0.3) is 0 Å². The van der Waals surface area contributed by atoms with Crippen LogP contribution in [0.3, 0.4) is 0 Å². The molecule has 0 fully saturated rings. The van der Waals surface area contributed by atoms with Crippen LogP contribution < -0.4 is 15.8 Å². The minimum Gasteiger partial charge on any atom is -0.491 e. The molecule has 0 saturated heterocycles. The first kappa shape index (κ1) is 19.3. The first-order valence-corrected chi connectivity index (χ1v) is 8.31. The molecule has 0 aromatic heterocycles. The molecule has 0 radical (unpaired) electrons. The van der Waals surface area contributed by atoms with E-state index < -0.39 is 0 Å². The molecule has 0 atom stereocenters. The number of ether oxygens (including phenoxy) is 1. The highest BCUT2D eigenvalue weighted by Gasteiger charge is 2.06. The molecule has 3 N–H and O–H groups in total. The summed E-state index contributed by atoms with van der Waals surface area (Å²) in [5.41, 5.74) is 7.70. The average molecular weight is 321 g/mol. The van der Waals surface area contributed by atoms with Crippen molar-refractivity contribution in [1.29, 1.82) is 0 Å². The third-order valence-electron chi connectivity index (χ3n) is 3.39. The van der Waals surface area contributed by atoms with Gasteiger partial charge in [-0.05, 0) is 57.1 Å². The van der Waals surface area contributed by atoms with Crippen LogP contribution in [0.15, 0.2) is 18.2 Å².